The van der Waals surface area contributed by atoms with Gasteiger partial charge in [0.05, 0.1) is 13.2 Å². The Balaban J connectivity index is 1.76. The van der Waals surface area contributed by atoms with E-state index in [1.165, 1.54) is 6.20 Å². The fourth-order valence-electron chi connectivity index (χ4n) is 4.05. The summed E-state index contributed by atoms with van der Waals surface area (Å²) in [5, 5.41) is 0. The molecule has 1 fully saturated rings. The monoisotopic (exact) mass is 334 g/mol. The molecule has 1 aromatic carbocycles. The van der Waals surface area contributed by atoms with Crippen LogP contribution < -0.4 is 9.64 Å². The third-order valence-electron chi connectivity index (χ3n) is 5.03. The first-order valence-electron chi connectivity index (χ1n) is 7.96. The average molecular weight is 334 g/mol. The van der Waals surface area contributed by atoms with Gasteiger partial charge in [0, 0.05) is 17.9 Å². The fraction of sp³-hybridized carbons (Fsp3) is 0.389. The Hall–Kier alpha value is -2.24. The van der Waals surface area contributed by atoms with Gasteiger partial charge in [-0.15, -0.1) is 0 Å². The van der Waals surface area contributed by atoms with Crippen LogP contribution >= 0.6 is 0 Å². The molecular weight excluding hydrogens is 317 g/mol. The van der Waals surface area contributed by atoms with E-state index in [1.807, 2.05) is 24.3 Å². The van der Waals surface area contributed by atoms with Crippen molar-refractivity contribution < 1.29 is 17.9 Å². The van der Waals surface area contributed by atoms with Crippen LogP contribution in [0.5, 0.6) is 5.75 Å². The number of pyridine rings is 1. The lowest BCUT2D eigenvalue weighted by molar-refractivity contribution is -0.142. The van der Waals surface area contributed by atoms with E-state index in [-0.39, 0.29) is 12.1 Å². The van der Waals surface area contributed by atoms with Crippen LogP contribution in [0.1, 0.15) is 35.7 Å². The molecule has 2 atom stereocenters. The minimum atomic E-state index is -4.40. The lowest BCUT2D eigenvalue weighted by Gasteiger charge is -2.39. The van der Waals surface area contributed by atoms with Crippen LogP contribution in [0.25, 0.3) is 0 Å². The van der Waals surface area contributed by atoms with Crippen molar-refractivity contribution >= 4 is 5.69 Å². The summed E-state index contributed by atoms with van der Waals surface area (Å²) in [4.78, 5) is 5.87. The van der Waals surface area contributed by atoms with E-state index in [9.17, 15) is 13.2 Å². The van der Waals surface area contributed by atoms with E-state index < -0.39 is 11.9 Å². The molecule has 2 bridgehead atoms. The molecule has 2 aromatic rings. The van der Waals surface area contributed by atoms with Crippen LogP contribution in [0.3, 0.4) is 0 Å². The molecule has 24 heavy (non-hydrogen) atoms. The molecule has 1 aromatic heterocycles. The number of hydrogen-bond donors (Lipinski definition) is 0. The second kappa shape index (κ2) is 5.40. The van der Waals surface area contributed by atoms with E-state index >= 15 is 0 Å². The zero-order chi connectivity index (χ0) is 16.9. The van der Waals surface area contributed by atoms with Gasteiger partial charge >= 0.3 is 6.18 Å². The first-order chi connectivity index (χ1) is 11.5. The van der Waals surface area contributed by atoms with Gasteiger partial charge in [0.25, 0.3) is 0 Å². The van der Waals surface area contributed by atoms with Crippen molar-refractivity contribution in [2.45, 2.75) is 37.5 Å². The van der Waals surface area contributed by atoms with Gasteiger partial charge in [-0.05, 0) is 60.7 Å². The number of ether oxygens (including phenoxy) is 1. The molecule has 0 amide bonds. The van der Waals surface area contributed by atoms with E-state index in [0.29, 0.717) is 12.0 Å². The van der Waals surface area contributed by atoms with Crippen LogP contribution in [0.15, 0.2) is 36.5 Å². The molecular formula is C18H17F3N2O. The van der Waals surface area contributed by atoms with E-state index in [0.717, 1.165) is 29.8 Å². The Labute approximate surface area is 138 Å². The minimum Gasteiger partial charge on any atom is -0.497 e. The molecule has 0 radical (unpaired) electrons. The highest BCUT2D eigenvalue weighted by atomic mass is 19.4. The number of aromatic nitrogens is 1. The van der Waals surface area contributed by atoms with Crippen LogP contribution in [-0.4, -0.2) is 18.1 Å². The van der Waals surface area contributed by atoms with Crippen molar-refractivity contribution in [2.24, 2.45) is 0 Å². The number of methoxy groups -OCH3 is 1. The van der Waals surface area contributed by atoms with E-state index in [1.54, 1.807) is 13.2 Å². The van der Waals surface area contributed by atoms with Crippen molar-refractivity contribution in [1.29, 1.82) is 0 Å². The Morgan fingerprint density at radius 3 is 2.54 bits per heavy atom. The van der Waals surface area contributed by atoms with Crippen LogP contribution in [0.4, 0.5) is 18.9 Å². The SMILES string of the molecule is COc1ccc(N2[C@H]3CC[C@@H]2c2ccnc(C(F)(F)F)c2C3)cc1. The second-order valence-electron chi connectivity index (χ2n) is 6.28. The summed E-state index contributed by atoms with van der Waals surface area (Å²) in [6, 6.07) is 9.53. The number of fused-ring (bicyclic) bond motifs is 4. The van der Waals surface area contributed by atoms with Gasteiger partial charge < -0.3 is 9.64 Å². The Bertz CT molecular complexity index is 758. The lowest BCUT2D eigenvalue weighted by Crippen LogP contribution is -2.38. The molecule has 3 nitrogen and oxygen atoms in total. The summed E-state index contributed by atoms with van der Waals surface area (Å²) >= 11 is 0. The van der Waals surface area contributed by atoms with Gasteiger partial charge in [-0.3, -0.25) is 4.98 Å². The third kappa shape index (κ3) is 2.32. The maximum atomic E-state index is 13.3. The summed E-state index contributed by atoms with van der Waals surface area (Å²) in [6.45, 7) is 0. The van der Waals surface area contributed by atoms with Crippen LogP contribution in [0, 0.1) is 0 Å². The minimum absolute atomic E-state index is 0.0174. The predicted octanol–water partition coefficient (Wildman–Crippen LogP) is 4.38. The summed E-state index contributed by atoms with van der Waals surface area (Å²) in [6.07, 6.45) is -0.964. The molecule has 0 N–H and O–H groups in total. The average Bonchev–Trinajstić information content (AvgIpc) is 2.88. The number of benzene rings is 1. The zero-order valence-corrected chi connectivity index (χ0v) is 13.2. The van der Waals surface area contributed by atoms with Gasteiger partial charge in [0.1, 0.15) is 11.4 Å². The number of rotatable bonds is 2. The zero-order valence-electron chi connectivity index (χ0n) is 13.2. The highest BCUT2D eigenvalue weighted by molar-refractivity contribution is 5.57. The fourth-order valence-corrected chi connectivity index (χ4v) is 4.05. The molecule has 126 valence electrons. The summed E-state index contributed by atoms with van der Waals surface area (Å²) in [5.74, 6) is 0.770. The van der Waals surface area contributed by atoms with Crippen molar-refractivity contribution in [1.82, 2.24) is 4.98 Å². The number of anilines is 1. The molecule has 0 unspecified atom stereocenters. The van der Waals surface area contributed by atoms with Crippen molar-refractivity contribution in [3.63, 3.8) is 0 Å². The van der Waals surface area contributed by atoms with Crippen LogP contribution in [0.2, 0.25) is 0 Å². The second-order valence-corrected chi connectivity index (χ2v) is 6.28. The molecule has 0 saturated carbocycles. The molecule has 4 rings (SSSR count). The maximum absolute atomic E-state index is 13.3. The first kappa shape index (κ1) is 15.3. The highest BCUT2D eigenvalue weighted by Gasteiger charge is 2.45. The molecule has 0 aliphatic carbocycles. The highest BCUT2D eigenvalue weighted by Crippen LogP contribution is 2.48. The van der Waals surface area contributed by atoms with Gasteiger partial charge in [0.15, 0.2) is 0 Å². The quantitative estimate of drug-likeness (QED) is 0.815. The molecule has 3 heterocycles. The molecule has 2 aliphatic heterocycles. The smallest absolute Gasteiger partial charge is 0.433 e. The first-order valence-corrected chi connectivity index (χ1v) is 7.96. The van der Waals surface area contributed by atoms with E-state index in [2.05, 4.69) is 9.88 Å². The number of nitrogens with zero attached hydrogens (tertiary/aromatic N) is 2. The lowest BCUT2D eigenvalue weighted by atomic mass is 9.91. The predicted molar refractivity (Wildman–Crippen MR) is 84.2 cm³/mol. The largest absolute Gasteiger partial charge is 0.497 e. The Kier molecular flexibility index (Phi) is 3.44. The van der Waals surface area contributed by atoms with Crippen molar-refractivity contribution in [3.8, 4) is 5.75 Å². The van der Waals surface area contributed by atoms with Crippen LogP contribution in [-0.2, 0) is 12.6 Å². The molecule has 0 spiro atoms. The Morgan fingerprint density at radius 2 is 1.88 bits per heavy atom. The van der Waals surface area contributed by atoms with Gasteiger partial charge in [0.2, 0.25) is 0 Å². The Morgan fingerprint density at radius 1 is 1.12 bits per heavy atom. The van der Waals surface area contributed by atoms with Gasteiger partial charge in [-0.2, -0.15) is 13.2 Å². The summed E-state index contributed by atoms with van der Waals surface area (Å²) in [7, 11) is 1.61. The van der Waals surface area contributed by atoms with E-state index in [4.69, 9.17) is 4.74 Å². The third-order valence-corrected chi connectivity index (χ3v) is 5.03. The summed E-state index contributed by atoms with van der Waals surface area (Å²) in [5.41, 5.74) is 1.45. The molecule has 1 saturated heterocycles. The standard InChI is InChI=1S/C18H17F3N2O/c1-24-13-5-2-11(3-6-13)23-12-4-7-16(23)14-8-9-22-17(15(14)10-12)18(19,20)21/h2-3,5-6,8-9,12,16H,4,7,10H2,1H3/t12-,16+/m0/s1. The molecule has 6 heteroatoms. The van der Waals surface area contributed by atoms with Gasteiger partial charge in [-0.1, -0.05) is 0 Å². The van der Waals surface area contributed by atoms with Gasteiger partial charge in [-0.25, -0.2) is 0 Å². The summed E-state index contributed by atoms with van der Waals surface area (Å²) < 4.78 is 45.0. The number of halogens is 3. The number of alkyl halides is 3. The molecule has 2 aliphatic rings. The maximum Gasteiger partial charge on any atom is 0.433 e. The van der Waals surface area contributed by atoms with Crippen molar-refractivity contribution in [2.75, 3.05) is 12.0 Å². The number of hydrogen-bond acceptors (Lipinski definition) is 3. The van der Waals surface area contributed by atoms with Crippen molar-refractivity contribution in [3.05, 3.63) is 53.3 Å². The normalized spacial score (nSPS) is 22.4. The topological polar surface area (TPSA) is 25.4 Å².